The number of hydrogen-bond donors (Lipinski definition) is 0. The zero-order valence-corrected chi connectivity index (χ0v) is 20.4. The largest absolute Gasteiger partial charge is 0.494 e. The van der Waals surface area contributed by atoms with Crippen LogP contribution in [0.5, 0.6) is 0 Å². The molecule has 4 aliphatic rings. The van der Waals surface area contributed by atoms with Gasteiger partial charge in [0, 0.05) is 43.9 Å². The number of amides is 1. The summed E-state index contributed by atoms with van der Waals surface area (Å²) in [4.78, 5) is 27.5. The fourth-order valence-electron chi connectivity index (χ4n) is 4.79. The number of rotatable bonds is 8. The topological polar surface area (TPSA) is 57.5 Å². The maximum Gasteiger partial charge on any atom is 0.222 e. The van der Waals surface area contributed by atoms with E-state index in [1.807, 2.05) is 4.90 Å². The number of carbonyl (C=O) groups is 1. The van der Waals surface area contributed by atoms with E-state index in [9.17, 15) is 4.79 Å². The zero-order chi connectivity index (χ0) is 22.6. The van der Waals surface area contributed by atoms with E-state index in [-0.39, 0.29) is 5.91 Å². The van der Waals surface area contributed by atoms with Crippen molar-refractivity contribution in [2.24, 2.45) is 21.8 Å². The first-order valence-electron chi connectivity index (χ1n) is 12.5. The van der Waals surface area contributed by atoms with Gasteiger partial charge in [-0.25, -0.2) is 9.98 Å². The van der Waals surface area contributed by atoms with E-state index in [1.54, 1.807) is 17.7 Å². The van der Waals surface area contributed by atoms with Crippen LogP contribution in [0.25, 0.3) is 0 Å². The normalized spacial score (nSPS) is 23.4. The van der Waals surface area contributed by atoms with Gasteiger partial charge in [-0.15, -0.1) is 11.3 Å². The van der Waals surface area contributed by atoms with Gasteiger partial charge in [0.1, 0.15) is 22.9 Å². The molecule has 0 aromatic carbocycles. The van der Waals surface area contributed by atoms with Crippen LogP contribution in [-0.2, 0) is 22.4 Å². The summed E-state index contributed by atoms with van der Waals surface area (Å²) in [7, 11) is 0. The van der Waals surface area contributed by atoms with Crippen molar-refractivity contribution < 1.29 is 9.53 Å². The molecule has 1 saturated heterocycles. The Balaban J connectivity index is 0.989. The molecule has 2 fully saturated rings. The lowest BCUT2D eigenvalue weighted by Crippen LogP contribution is -2.51. The molecule has 0 N–H and O–H groups in total. The van der Waals surface area contributed by atoms with Crippen molar-refractivity contribution in [3.05, 3.63) is 40.5 Å². The van der Waals surface area contributed by atoms with Crippen LogP contribution < -0.4 is 0 Å². The Morgan fingerprint density at radius 1 is 1.18 bits per heavy atom. The van der Waals surface area contributed by atoms with Crippen LogP contribution in [0.1, 0.15) is 49.5 Å². The Hall–Kier alpha value is -2.41. The van der Waals surface area contributed by atoms with Gasteiger partial charge in [-0.2, -0.15) is 0 Å². The average Bonchev–Trinajstić information content (AvgIpc) is 3.56. The van der Waals surface area contributed by atoms with Crippen LogP contribution in [0.3, 0.4) is 0 Å². The fourth-order valence-corrected chi connectivity index (χ4v) is 5.75. The number of ether oxygens (including phenoxy) is 1. The van der Waals surface area contributed by atoms with Gasteiger partial charge in [-0.05, 0) is 67.7 Å². The van der Waals surface area contributed by atoms with Crippen molar-refractivity contribution in [1.29, 1.82) is 0 Å². The van der Waals surface area contributed by atoms with Crippen LogP contribution in [0.2, 0.25) is 0 Å². The number of allylic oxidation sites excluding steroid dienone is 3. The molecule has 0 spiro atoms. The summed E-state index contributed by atoms with van der Waals surface area (Å²) in [6, 6.07) is 2.27. The molecule has 0 radical (unpaired) electrons. The van der Waals surface area contributed by atoms with Crippen LogP contribution in [0.4, 0.5) is 5.00 Å². The average molecular weight is 467 g/mol. The van der Waals surface area contributed by atoms with Crippen LogP contribution in [0, 0.1) is 11.8 Å². The van der Waals surface area contributed by atoms with Crippen LogP contribution in [0.15, 0.2) is 40.0 Å². The van der Waals surface area contributed by atoms with Gasteiger partial charge in [0.2, 0.25) is 5.91 Å². The molecule has 0 bridgehead atoms. The third kappa shape index (κ3) is 5.57. The lowest BCUT2D eigenvalue weighted by molar-refractivity contribution is -0.132. The highest BCUT2D eigenvalue weighted by Gasteiger charge is 2.35. The minimum absolute atomic E-state index is 0.283. The van der Waals surface area contributed by atoms with E-state index in [0.29, 0.717) is 6.42 Å². The zero-order valence-electron chi connectivity index (χ0n) is 19.5. The molecule has 5 rings (SSSR count). The quantitative estimate of drug-likeness (QED) is 0.520. The Morgan fingerprint density at radius 3 is 2.88 bits per heavy atom. The number of hydrogen-bond acceptors (Lipinski definition) is 6. The molecule has 7 heteroatoms. The third-order valence-electron chi connectivity index (χ3n) is 6.99. The number of carbonyl (C=O) groups excluding carboxylic acids is 1. The van der Waals surface area contributed by atoms with Gasteiger partial charge in [-0.3, -0.25) is 4.79 Å². The SMILES string of the molecule is CCc1cc2c(s1)N=CN=C(N1CCN(C(=O)CCCCCOC3=CC4CC4C=C3)CC1)C2. The molecular weight excluding hydrogens is 432 g/mol. The van der Waals surface area contributed by atoms with Crippen molar-refractivity contribution in [1.82, 2.24) is 9.80 Å². The van der Waals surface area contributed by atoms with Crippen molar-refractivity contribution in [2.45, 2.75) is 51.9 Å². The molecule has 3 heterocycles. The van der Waals surface area contributed by atoms with E-state index in [4.69, 9.17) is 4.74 Å². The fraction of sp³-hybridized carbons (Fsp3) is 0.577. The monoisotopic (exact) mass is 466 g/mol. The van der Waals surface area contributed by atoms with Gasteiger partial charge in [0.15, 0.2) is 0 Å². The van der Waals surface area contributed by atoms with E-state index in [0.717, 1.165) is 93.3 Å². The summed E-state index contributed by atoms with van der Waals surface area (Å²) in [5, 5.41) is 1.09. The highest BCUT2D eigenvalue weighted by molar-refractivity contribution is 7.16. The first kappa shape index (κ1) is 22.4. The smallest absolute Gasteiger partial charge is 0.222 e. The highest BCUT2D eigenvalue weighted by atomic mass is 32.1. The van der Waals surface area contributed by atoms with Gasteiger partial charge >= 0.3 is 0 Å². The van der Waals surface area contributed by atoms with Crippen molar-refractivity contribution in [2.75, 3.05) is 32.8 Å². The lowest BCUT2D eigenvalue weighted by Gasteiger charge is -2.36. The van der Waals surface area contributed by atoms with Crippen molar-refractivity contribution >= 4 is 34.4 Å². The Morgan fingerprint density at radius 2 is 2.06 bits per heavy atom. The summed E-state index contributed by atoms with van der Waals surface area (Å²) >= 11 is 1.77. The second-order valence-electron chi connectivity index (χ2n) is 9.38. The molecule has 1 aromatic rings. The standard InChI is InChI=1S/C26H34N4O2S/c1-2-23-16-21-17-24(27-18-28-26(21)33-23)29-9-11-30(12-10-29)25(31)6-4-3-5-13-32-22-8-7-19-14-20(19)15-22/h7-8,15-16,18-20H,2-6,9-14,17H2,1H3. The molecule has 2 aliphatic carbocycles. The number of amidine groups is 1. The number of fused-ring (bicyclic) bond motifs is 2. The predicted molar refractivity (Wildman–Crippen MR) is 134 cm³/mol. The highest BCUT2D eigenvalue weighted by Crippen LogP contribution is 2.44. The minimum atomic E-state index is 0.283. The summed E-state index contributed by atoms with van der Waals surface area (Å²) in [5.41, 5.74) is 1.28. The second kappa shape index (κ2) is 10.2. The third-order valence-corrected chi connectivity index (χ3v) is 8.22. The number of aliphatic imine (C=N–C) groups is 2. The number of aryl methyl sites for hydroxylation is 1. The van der Waals surface area contributed by atoms with Crippen LogP contribution >= 0.6 is 11.3 Å². The van der Waals surface area contributed by atoms with Gasteiger partial charge in [0.25, 0.3) is 0 Å². The number of thiophene rings is 1. The molecule has 33 heavy (non-hydrogen) atoms. The first-order chi connectivity index (χ1) is 16.2. The second-order valence-corrected chi connectivity index (χ2v) is 10.5. The maximum atomic E-state index is 12.7. The molecule has 6 nitrogen and oxygen atoms in total. The van der Waals surface area contributed by atoms with Crippen molar-refractivity contribution in [3.8, 4) is 0 Å². The first-order valence-corrected chi connectivity index (χ1v) is 13.3. The van der Waals surface area contributed by atoms with E-state index in [1.165, 1.54) is 16.9 Å². The van der Waals surface area contributed by atoms with Gasteiger partial charge < -0.3 is 14.5 Å². The molecule has 2 aliphatic heterocycles. The van der Waals surface area contributed by atoms with E-state index >= 15 is 0 Å². The Labute approximate surface area is 200 Å². The molecule has 2 atom stereocenters. The van der Waals surface area contributed by atoms with Gasteiger partial charge in [0.05, 0.1) is 6.61 Å². The van der Waals surface area contributed by atoms with E-state index < -0.39 is 0 Å². The predicted octanol–water partition coefficient (Wildman–Crippen LogP) is 4.74. The molecule has 1 amide bonds. The number of piperazine rings is 1. The van der Waals surface area contributed by atoms with Gasteiger partial charge in [-0.1, -0.05) is 13.0 Å². The number of nitrogens with zero attached hydrogens (tertiary/aromatic N) is 4. The number of unbranched alkanes of at least 4 members (excludes halogenated alkanes) is 2. The molecule has 1 aromatic heterocycles. The molecule has 1 saturated carbocycles. The molecule has 176 valence electrons. The molecule has 2 unspecified atom stereocenters. The summed E-state index contributed by atoms with van der Waals surface area (Å²) in [6.07, 6.45) is 15.1. The minimum Gasteiger partial charge on any atom is -0.494 e. The summed E-state index contributed by atoms with van der Waals surface area (Å²) in [6.45, 7) is 6.17. The summed E-state index contributed by atoms with van der Waals surface area (Å²) in [5.74, 6) is 3.90. The summed E-state index contributed by atoms with van der Waals surface area (Å²) < 4.78 is 5.87. The van der Waals surface area contributed by atoms with Crippen molar-refractivity contribution in [3.63, 3.8) is 0 Å². The Bertz CT molecular complexity index is 984. The van der Waals surface area contributed by atoms with Crippen LogP contribution in [-0.4, -0.2) is 60.7 Å². The maximum absolute atomic E-state index is 12.7. The molecular formula is C26H34N4O2S. The Kier molecular flexibility index (Phi) is 6.95. The van der Waals surface area contributed by atoms with E-state index in [2.05, 4.69) is 46.1 Å². The lowest BCUT2D eigenvalue weighted by atomic mass is 10.1.